The molecule has 108 valence electrons. The van der Waals surface area contributed by atoms with Gasteiger partial charge >= 0.3 is 0 Å². The van der Waals surface area contributed by atoms with Crippen molar-refractivity contribution in [2.24, 2.45) is 5.41 Å². The van der Waals surface area contributed by atoms with Crippen molar-refractivity contribution in [3.05, 3.63) is 35.4 Å². The number of hydrogen-bond donors (Lipinski definition) is 1. The Hall–Kier alpha value is -1.00. The molecule has 0 radical (unpaired) electrons. The molecule has 1 rings (SSSR count). The molecule has 1 aromatic carbocycles. The first-order chi connectivity index (χ1) is 8.85. The summed E-state index contributed by atoms with van der Waals surface area (Å²) < 4.78 is 31.5. The zero-order valence-corrected chi connectivity index (χ0v) is 12.1. The summed E-state index contributed by atoms with van der Waals surface area (Å²) in [7, 11) is 1.68. The molecule has 0 aliphatic rings. The molecule has 0 bridgehead atoms. The van der Waals surface area contributed by atoms with Gasteiger partial charge in [-0.3, -0.25) is 0 Å². The van der Waals surface area contributed by atoms with E-state index in [-0.39, 0.29) is 11.5 Å². The lowest BCUT2D eigenvalue weighted by molar-refractivity contribution is 0.149. The standard InChI is InChI=1S/C15H23F2NO/c1-11(13-6-5-12(16)9-14(13)17)18-10-15(2,3)7-8-19-4/h5-6,9,11,18H,7-8,10H2,1-4H3. The molecule has 0 spiro atoms. The zero-order chi connectivity index (χ0) is 14.5. The fourth-order valence-corrected chi connectivity index (χ4v) is 1.86. The molecule has 1 aromatic rings. The lowest BCUT2D eigenvalue weighted by atomic mass is 9.89. The van der Waals surface area contributed by atoms with Gasteiger partial charge in [0.2, 0.25) is 0 Å². The summed E-state index contributed by atoms with van der Waals surface area (Å²) in [5.41, 5.74) is 0.560. The maximum Gasteiger partial charge on any atom is 0.130 e. The van der Waals surface area contributed by atoms with E-state index in [1.165, 1.54) is 12.1 Å². The van der Waals surface area contributed by atoms with Crippen LogP contribution >= 0.6 is 0 Å². The monoisotopic (exact) mass is 271 g/mol. The van der Waals surface area contributed by atoms with Crippen molar-refractivity contribution in [2.45, 2.75) is 33.2 Å². The average Bonchev–Trinajstić information content (AvgIpc) is 2.34. The number of methoxy groups -OCH3 is 1. The fourth-order valence-electron chi connectivity index (χ4n) is 1.86. The highest BCUT2D eigenvalue weighted by Crippen LogP contribution is 2.22. The lowest BCUT2D eigenvalue weighted by Gasteiger charge is -2.27. The van der Waals surface area contributed by atoms with Crippen molar-refractivity contribution in [2.75, 3.05) is 20.3 Å². The number of ether oxygens (including phenoxy) is 1. The van der Waals surface area contributed by atoms with Gasteiger partial charge in [0.15, 0.2) is 0 Å². The molecule has 1 atom stereocenters. The van der Waals surface area contributed by atoms with Gasteiger partial charge in [-0.15, -0.1) is 0 Å². The molecular weight excluding hydrogens is 248 g/mol. The van der Waals surface area contributed by atoms with Gasteiger partial charge in [-0.25, -0.2) is 8.78 Å². The van der Waals surface area contributed by atoms with Crippen LogP contribution in [0.3, 0.4) is 0 Å². The van der Waals surface area contributed by atoms with Crippen LogP contribution in [0.4, 0.5) is 8.78 Å². The highest BCUT2D eigenvalue weighted by molar-refractivity contribution is 5.21. The molecule has 0 saturated carbocycles. The van der Waals surface area contributed by atoms with E-state index in [1.807, 2.05) is 6.92 Å². The summed E-state index contributed by atoms with van der Waals surface area (Å²) >= 11 is 0. The van der Waals surface area contributed by atoms with Gasteiger partial charge in [-0.2, -0.15) is 0 Å². The molecule has 0 saturated heterocycles. The van der Waals surface area contributed by atoms with Crippen molar-refractivity contribution >= 4 is 0 Å². The predicted molar refractivity (Wildman–Crippen MR) is 73.0 cm³/mol. The van der Waals surface area contributed by atoms with Gasteiger partial charge in [-0.1, -0.05) is 19.9 Å². The van der Waals surface area contributed by atoms with Crippen molar-refractivity contribution in [3.8, 4) is 0 Å². The molecule has 0 aromatic heterocycles. The van der Waals surface area contributed by atoms with Crippen molar-refractivity contribution in [1.82, 2.24) is 5.32 Å². The van der Waals surface area contributed by atoms with E-state index in [9.17, 15) is 8.78 Å². The third-order valence-electron chi connectivity index (χ3n) is 3.30. The fraction of sp³-hybridized carbons (Fsp3) is 0.600. The molecule has 0 heterocycles. The van der Waals surface area contributed by atoms with Crippen LogP contribution < -0.4 is 5.32 Å². The van der Waals surface area contributed by atoms with Gasteiger partial charge in [0, 0.05) is 37.9 Å². The van der Waals surface area contributed by atoms with Crippen molar-refractivity contribution in [3.63, 3.8) is 0 Å². The molecule has 2 nitrogen and oxygen atoms in total. The van der Waals surface area contributed by atoms with E-state index in [0.717, 1.165) is 19.0 Å². The summed E-state index contributed by atoms with van der Waals surface area (Å²) in [6.07, 6.45) is 0.926. The lowest BCUT2D eigenvalue weighted by Crippen LogP contribution is -2.32. The topological polar surface area (TPSA) is 21.3 Å². The van der Waals surface area contributed by atoms with E-state index >= 15 is 0 Å². The van der Waals surface area contributed by atoms with Gasteiger partial charge in [-0.05, 0) is 24.8 Å². The van der Waals surface area contributed by atoms with Crippen LogP contribution in [0, 0.1) is 17.0 Å². The molecule has 0 fully saturated rings. The summed E-state index contributed by atoms with van der Waals surface area (Å²) in [5, 5.41) is 3.29. The minimum absolute atomic E-state index is 0.0702. The number of hydrogen-bond acceptors (Lipinski definition) is 2. The van der Waals surface area contributed by atoms with E-state index in [1.54, 1.807) is 7.11 Å². The van der Waals surface area contributed by atoms with Crippen molar-refractivity contribution < 1.29 is 13.5 Å². The normalized spacial score (nSPS) is 13.6. The Labute approximate surface area is 114 Å². The number of nitrogens with one attached hydrogen (secondary N) is 1. The molecule has 4 heteroatoms. The highest BCUT2D eigenvalue weighted by Gasteiger charge is 2.19. The second kappa shape index (κ2) is 6.96. The maximum absolute atomic E-state index is 13.6. The minimum atomic E-state index is -0.547. The van der Waals surface area contributed by atoms with Crippen LogP contribution in [0.15, 0.2) is 18.2 Å². The summed E-state index contributed by atoms with van der Waals surface area (Å²) in [4.78, 5) is 0. The molecular formula is C15H23F2NO. The Morgan fingerprint density at radius 3 is 2.58 bits per heavy atom. The van der Waals surface area contributed by atoms with E-state index in [0.29, 0.717) is 12.2 Å². The largest absolute Gasteiger partial charge is 0.385 e. The van der Waals surface area contributed by atoms with Crippen LogP contribution in [0.1, 0.15) is 38.8 Å². The number of rotatable bonds is 7. The minimum Gasteiger partial charge on any atom is -0.385 e. The van der Waals surface area contributed by atoms with E-state index in [2.05, 4.69) is 19.2 Å². The highest BCUT2D eigenvalue weighted by atomic mass is 19.1. The number of halogens is 2. The summed E-state index contributed by atoms with van der Waals surface area (Å²) in [6.45, 7) is 7.59. The Morgan fingerprint density at radius 2 is 2.00 bits per heavy atom. The molecule has 0 amide bonds. The van der Waals surface area contributed by atoms with Gasteiger partial charge < -0.3 is 10.1 Å². The first-order valence-corrected chi connectivity index (χ1v) is 6.53. The summed E-state index contributed by atoms with van der Waals surface area (Å²) in [6, 6.07) is 3.54. The van der Waals surface area contributed by atoms with Crippen LogP contribution in [-0.4, -0.2) is 20.3 Å². The first-order valence-electron chi connectivity index (χ1n) is 6.53. The van der Waals surface area contributed by atoms with Crippen LogP contribution in [-0.2, 0) is 4.74 Å². The van der Waals surface area contributed by atoms with Crippen LogP contribution in [0.25, 0.3) is 0 Å². The summed E-state index contributed by atoms with van der Waals surface area (Å²) in [5.74, 6) is -1.05. The second-order valence-corrected chi connectivity index (χ2v) is 5.68. The zero-order valence-electron chi connectivity index (χ0n) is 12.1. The van der Waals surface area contributed by atoms with Gasteiger partial charge in [0.05, 0.1) is 0 Å². The third-order valence-corrected chi connectivity index (χ3v) is 3.30. The van der Waals surface area contributed by atoms with Gasteiger partial charge in [0.1, 0.15) is 11.6 Å². The first kappa shape index (κ1) is 16.1. The molecule has 0 aliphatic heterocycles. The molecule has 1 N–H and O–H groups in total. The average molecular weight is 271 g/mol. The third kappa shape index (κ3) is 5.25. The number of benzene rings is 1. The molecule has 0 aliphatic carbocycles. The van der Waals surface area contributed by atoms with E-state index in [4.69, 9.17) is 4.74 Å². The molecule has 19 heavy (non-hydrogen) atoms. The Balaban J connectivity index is 2.57. The SMILES string of the molecule is COCCC(C)(C)CNC(C)c1ccc(F)cc1F. The predicted octanol–water partition coefficient (Wildman–Crippen LogP) is 3.68. The van der Waals surface area contributed by atoms with Crippen molar-refractivity contribution in [1.29, 1.82) is 0 Å². The Kier molecular flexibility index (Phi) is 5.88. The Bertz CT molecular complexity index is 407. The smallest absolute Gasteiger partial charge is 0.130 e. The second-order valence-electron chi connectivity index (χ2n) is 5.68. The van der Waals surface area contributed by atoms with Crippen LogP contribution in [0.2, 0.25) is 0 Å². The molecule has 1 unspecified atom stereocenters. The Morgan fingerprint density at radius 1 is 1.32 bits per heavy atom. The van der Waals surface area contributed by atoms with E-state index < -0.39 is 11.6 Å². The van der Waals surface area contributed by atoms with Gasteiger partial charge in [0.25, 0.3) is 0 Å². The van der Waals surface area contributed by atoms with Crippen LogP contribution in [0.5, 0.6) is 0 Å². The maximum atomic E-state index is 13.6. The quantitative estimate of drug-likeness (QED) is 0.817.